The van der Waals surface area contributed by atoms with Crippen LogP contribution in [-0.2, 0) is 20.7 Å². The fourth-order valence-electron chi connectivity index (χ4n) is 5.23. The van der Waals surface area contributed by atoms with Crippen molar-refractivity contribution in [1.82, 2.24) is 15.5 Å². The SMILES string of the molecule is Cc1occc1C(=O)N[C@@H](CC(C)(C)Cc1ccccc1)C(=O)NC1C(=O)COC1CN1CCCC1. The third-order valence-corrected chi connectivity index (χ3v) is 7.10. The van der Waals surface area contributed by atoms with E-state index in [0.29, 0.717) is 24.3 Å². The first-order valence-corrected chi connectivity index (χ1v) is 12.8. The van der Waals surface area contributed by atoms with Crippen molar-refractivity contribution in [2.24, 2.45) is 5.41 Å². The molecule has 2 aromatic rings. The van der Waals surface area contributed by atoms with E-state index in [1.54, 1.807) is 13.0 Å². The van der Waals surface area contributed by atoms with Crippen molar-refractivity contribution in [1.29, 1.82) is 0 Å². The Morgan fingerprint density at radius 3 is 2.53 bits per heavy atom. The molecule has 3 atom stereocenters. The molecule has 2 fully saturated rings. The van der Waals surface area contributed by atoms with Gasteiger partial charge < -0.3 is 24.7 Å². The number of ketones is 1. The van der Waals surface area contributed by atoms with Gasteiger partial charge >= 0.3 is 0 Å². The van der Waals surface area contributed by atoms with Crippen LogP contribution < -0.4 is 10.6 Å². The zero-order chi connectivity index (χ0) is 25.7. The number of carbonyl (C=O) groups excluding carboxylic acids is 3. The molecular weight excluding hydrogens is 458 g/mol. The van der Waals surface area contributed by atoms with E-state index in [0.717, 1.165) is 37.9 Å². The number of likely N-dealkylation sites (tertiary alicyclic amines) is 1. The van der Waals surface area contributed by atoms with Crippen LogP contribution in [0, 0.1) is 12.3 Å². The van der Waals surface area contributed by atoms with Gasteiger partial charge in [0.15, 0.2) is 5.78 Å². The van der Waals surface area contributed by atoms with Gasteiger partial charge in [-0.1, -0.05) is 44.2 Å². The highest BCUT2D eigenvalue weighted by Gasteiger charge is 2.40. The molecule has 8 nitrogen and oxygen atoms in total. The molecule has 2 amide bonds. The second-order valence-electron chi connectivity index (χ2n) is 10.8. The van der Waals surface area contributed by atoms with E-state index < -0.39 is 12.1 Å². The number of nitrogens with zero attached hydrogens (tertiary/aromatic N) is 1. The van der Waals surface area contributed by atoms with Gasteiger partial charge in [-0.15, -0.1) is 0 Å². The summed E-state index contributed by atoms with van der Waals surface area (Å²) in [6.07, 6.45) is 4.47. The van der Waals surface area contributed by atoms with Crippen LogP contribution in [0.3, 0.4) is 0 Å². The van der Waals surface area contributed by atoms with Crippen molar-refractivity contribution in [2.75, 3.05) is 26.2 Å². The Hall–Kier alpha value is -2.97. The fraction of sp³-hybridized carbons (Fsp3) is 0.536. The van der Waals surface area contributed by atoms with Gasteiger partial charge in [0.25, 0.3) is 5.91 Å². The Labute approximate surface area is 212 Å². The molecule has 2 aliphatic heterocycles. The van der Waals surface area contributed by atoms with Crippen molar-refractivity contribution in [3.05, 3.63) is 59.5 Å². The van der Waals surface area contributed by atoms with E-state index in [1.165, 1.54) is 6.26 Å². The minimum atomic E-state index is -0.827. The Bertz CT molecular complexity index is 1060. The Kier molecular flexibility index (Phi) is 8.26. The number of Topliss-reactive ketones (excluding diaryl/α,β-unsaturated/α-hetero) is 1. The summed E-state index contributed by atoms with van der Waals surface area (Å²) in [6.45, 7) is 8.43. The van der Waals surface area contributed by atoms with Crippen LogP contribution in [0.5, 0.6) is 0 Å². The topological polar surface area (TPSA) is 101 Å². The second-order valence-corrected chi connectivity index (χ2v) is 10.8. The summed E-state index contributed by atoms with van der Waals surface area (Å²) < 4.78 is 11.0. The Morgan fingerprint density at radius 2 is 1.86 bits per heavy atom. The second kappa shape index (κ2) is 11.4. The van der Waals surface area contributed by atoms with Crippen LogP contribution in [0.2, 0.25) is 0 Å². The average molecular weight is 496 g/mol. The van der Waals surface area contributed by atoms with E-state index >= 15 is 0 Å². The summed E-state index contributed by atoms with van der Waals surface area (Å²) in [6, 6.07) is 10.1. The molecule has 2 aliphatic rings. The van der Waals surface area contributed by atoms with Crippen molar-refractivity contribution in [3.8, 4) is 0 Å². The molecule has 0 aliphatic carbocycles. The first-order chi connectivity index (χ1) is 17.2. The summed E-state index contributed by atoms with van der Waals surface area (Å²) in [5.41, 5.74) is 1.25. The van der Waals surface area contributed by atoms with E-state index in [1.807, 2.05) is 18.2 Å². The summed E-state index contributed by atoms with van der Waals surface area (Å²) in [4.78, 5) is 41.5. The van der Waals surface area contributed by atoms with Crippen LogP contribution >= 0.6 is 0 Å². The lowest BCUT2D eigenvalue weighted by Gasteiger charge is -2.31. The van der Waals surface area contributed by atoms with Gasteiger partial charge in [0, 0.05) is 6.54 Å². The predicted octanol–water partition coefficient (Wildman–Crippen LogP) is 2.89. The number of nitrogens with one attached hydrogen (secondary N) is 2. The maximum Gasteiger partial charge on any atom is 0.255 e. The van der Waals surface area contributed by atoms with E-state index in [4.69, 9.17) is 9.15 Å². The summed E-state index contributed by atoms with van der Waals surface area (Å²) >= 11 is 0. The number of benzene rings is 1. The van der Waals surface area contributed by atoms with Crippen LogP contribution in [0.4, 0.5) is 0 Å². The molecule has 194 valence electrons. The highest BCUT2D eigenvalue weighted by atomic mass is 16.5. The molecule has 8 heteroatoms. The molecule has 2 saturated heterocycles. The molecule has 3 heterocycles. The van der Waals surface area contributed by atoms with Gasteiger partial charge in [0.1, 0.15) is 24.5 Å². The molecule has 0 saturated carbocycles. The Morgan fingerprint density at radius 1 is 1.14 bits per heavy atom. The van der Waals surface area contributed by atoms with Gasteiger partial charge in [-0.2, -0.15) is 0 Å². The van der Waals surface area contributed by atoms with Crippen molar-refractivity contribution >= 4 is 17.6 Å². The molecule has 0 bridgehead atoms. The molecule has 2 unspecified atom stereocenters. The fourth-order valence-corrected chi connectivity index (χ4v) is 5.23. The molecule has 36 heavy (non-hydrogen) atoms. The van der Waals surface area contributed by atoms with E-state index in [2.05, 4.69) is 41.5 Å². The quantitative estimate of drug-likeness (QED) is 0.526. The smallest absolute Gasteiger partial charge is 0.255 e. The van der Waals surface area contributed by atoms with Crippen molar-refractivity contribution in [2.45, 2.75) is 64.6 Å². The largest absolute Gasteiger partial charge is 0.469 e. The lowest BCUT2D eigenvalue weighted by atomic mass is 9.79. The predicted molar refractivity (Wildman–Crippen MR) is 136 cm³/mol. The minimum absolute atomic E-state index is 0.00576. The zero-order valence-corrected chi connectivity index (χ0v) is 21.4. The third-order valence-electron chi connectivity index (χ3n) is 7.10. The average Bonchev–Trinajstić information content (AvgIpc) is 3.57. The third kappa shape index (κ3) is 6.62. The van der Waals surface area contributed by atoms with Crippen molar-refractivity contribution < 1.29 is 23.5 Å². The molecule has 1 aromatic heterocycles. The number of hydrogen-bond donors (Lipinski definition) is 2. The molecule has 2 N–H and O–H groups in total. The van der Waals surface area contributed by atoms with Gasteiger partial charge in [0.05, 0.1) is 17.9 Å². The maximum atomic E-state index is 13.6. The summed E-state index contributed by atoms with van der Waals surface area (Å²) in [7, 11) is 0. The maximum absolute atomic E-state index is 13.6. The first-order valence-electron chi connectivity index (χ1n) is 12.8. The zero-order valence-electron chi connectivity index (χ0n) is 21.4. The number of amides is 2. The highest BCUT2D eigenvalue weighted by molar-refractivity contribution is 5.99. The minimum Gasteiger partial charge on any atom is -0.469 e. The normalized spacial score (nSPS) is 21.5. The van der Waals surface area contributed by atoms with Gasteiger partial charge in [0.2, 0.25) is 5.91 Å². The molecule has 1 aromatic carbocycles. The lowest BCUT2D eigenvalue weighted by molar-refractivity contribution is -0.128. The number of hydrogen-bond acceptors (Lipinski definition) is 6. The van der Waals surface area contributed by atoms with Gasteiger partial charge in [-0.25, -0.2) is 0 Å². The van der Waals surface area contributed by atoms with E-state index in [-0.39, 0.29) is 35.7 Å². The van der Waals surface area contributed by atoms with Crippen LogP contribution in [-0.4, -0.2) is 66.9 Å². The number of rotatable bonds is 10. The van der Waals surface area contributed by atoms with Gasteiger partial charge in [-0.05, 0) is 62.7 Å². The molecule has 0 spiro atoms. The summed E-state index contributed by atoms with van der Waals surface area (Å²) in [5.74, 6) is -0.396. The van der Waals surface area contributed by atoms with Crippen LogP contribution in [0.25, 0.3) is 0 Å². The standard InChI is InChI=1S/C28H37N3O5/c1-19-21(11-14-35-19)26(33)29-22(16-28(2,3)15-20-9-5-4-6-10-20)27(34)30-25-23(32)18-36-24(25)17-31-12-7-8-13-31/h4-6,9-11,14,22,24-25H,7-8,12-13,15-18H2,1-3H3,(H,29,33)(H,30,34)/t22-,24?,25?/m0/s1. The number of carbonyl (C=O) groups is 3. The monoisotopic (exact) mass is 495 g/mol. The molecule has 4 rings (SSSR count). The number of aryl methyl sites for hydroxylation is 1. The number of furan rings is 1. The lowest BCUT2D eigenvalue weighted by Crippen LogP contribution is -2.55. The van der Waals surface area contributed by atoms with E-state index in [9.17, 15) is 14.4 Å². The van der Waals surface area contributed by atoms with Crippen molar-refractivity contribution in [3.63, 3.8) is 0 Å². The van der Waals surface area contributed by atoms with Gasteiger partial charge in [-0.3, -0.25) is 14.4 Å². The highest BCUT2D eigenvalue weighted by Crippen LogP contribution is 2.28. The summed E-state index contributed by atoms with van der Waals surface area (Å²) in [5, 5.41) is 5.83. The first kappa shape index (κ1) is 26.1. The van der Waals surface area contributed by atoms with Crippen LogP contribution in [0.1, 0.15) is 54.8 Å². The number of ether oxygens (including phenoxy) is 1. The Balaban J connectivity index is 1.49. The molecular formula is C28H37N3O5. The molecule has 0 radical (unpaired) electrons. The van der Waals surface area contributed by atoms with Crippen LogP contribution in [0.15, 0.2) is 47.1 Å².